The van der Waals surface area contributed by atoms with E-state index in [1.807, 2.05) is 4.57 Å². The Morgan fingerprint density at radius 2 is 2.00 bits per heavy atom. The summed E-state index contributed by atoms with van der Waals surface area (Å²) in [5, 5.41) is 18.7. The van der Waals surface area contributed by atoms with Gasteiger partial charge in [0, 0.05) is 19.3 Å². The van der Waals surface area contributed by atoms with Crippen molar-refractivity contribution in [3.8, 4) is 0 Å². The Labute approximate surface area is 114 Å². The second-order valence-electron chi connectivity index (χ2n) is 5.29. The van der Waals surface area contributed by atoms with Gasteiger partial charge in [0.15, 0.2) is 11.2 Å². The lowest BCUT2D eigenvalue weighted by atomic mass is 9.98. The molecule has 0 aliphatic heterocycles. The molecule has 0 spiro atoms. The summed E-state index contributed by atoms with van der Waals surface area (Å²) in [6.07, 6.45) is 3.02. The van der Waals surface area contributed by atoms with Gasteiger partial charge in [-0.2, -0.15) is 4.98 Å². The number of anilines is 1. The second-order valence-corrected chi connectivity index (χ2v) is 5.29. The molecule has 0 radical (unpaired) electrons. The average Bonchev–Trinajstić information content (AvgIpc) is 3.01. The lowest BCUT2D eigenvalue weighted by Crippen LogP contribution is -2.15. The first-order valence-corrected chi connectivity index (χ1v) is 6.58. The third kappa shape index (κ3) is 1.97. The normalized spacial score (nSPS) is 26.4. The van der Waals surface area contributed by atoms with Crippen LogP contribution < -0.4 is 11.3 Å². The predicted octanol–water partition coefficient (Wildman–Crippen LogP) is -0.746. The highest BCUT2D eigenvalue weighted by atomic mass is 16.3. The second kappa shape index (κ2) is 4.88. The van der Waals surface area contributed by atoms with E-state index < -0.39 is 0 Å². The summed E-state index contributed by atoms with van der Waals surface area (Å²) in [7, 11) is 0. The standard InChI is InChI=1S/C12H17N5O3/c13-12-15-10-9(11(20)16-12)14-5-17(10)8-1-6(3-18)7(2-8)4-19/h5-8,18-19H,1-4H2,(H3,13,15,16,20)/t6-,7+,8?. The molecule has 20 heavy (non-hydrogen) atoms. The summed E-state index contributed by atoms with van der Waals surface area (Å²) in [6.45, 7) is 0.0923. The molecule has 1 aliphatic carbocycles. The van der Waals surface area contributed by atoms with E-state index in [1.165, 1.54) is 0 Å². The van der Waals surface area contributed by atoms with Crippen LogP contribution in [0.2, 0.25) is 0 Å². The number of nitrogen functional groups attached to an aromatic ring is 1. The molecule has 0 bridgehead atoms. The van der Waals surface area contributed by atoms with E-state index in [4.69, 9.17) is 5.73 Å². The van der Waals surface area contributed by atoms with Gasteiger partial charge in [0.1, 0.15) is 0 Å². The molecule has 3 rings (SSSR count). The summed E-state index contributed by atoms with van der Waals surface area (Å²) in [4.78, 5) is 22.4. The maximum Gasteiger partial charge on any atom is 0.280 e. The molecule has 0 aromatic carbocycles. The Bertz CT molecular complexity index is 667. The molecule has 2 heterocycles. The summed E-state index contributed by atoms with van der Waals surface area (Å²) in [5.74, 6) is 0.170. The summed E-state index contributed by atoms with van der Waals surface area (Å²) in [6, 6.07) is 0.0583. The van der Waals surface area contributed by atoms with Crippen molar-refractivity contribution in [1.29, 1.82) is 0 Å². The van der Waals surface area contributed by atoms with Crippen molar-refractivity contribution in [2.45, 2.75) is 18.9 Å². The third-order valence-electron chi connectivity index (χ3n) is 4.13. The highest BCUT2D eigenvalue weighted by molar-refractivity contribution is 5.70. The van der Waals surface area contributed by atoms with Gasteiger partial charge in [-0.25, -0.2) is 4.98 Å². The van der Waals surface area contributed by atoms with E-state index in [1.54, 1.807) is 6.33 Å². The van der Waals surface area contributed by atoms with Gasteiger partial charge in [0.05, 0.1) is 6.33 Å². The van der Waals surface area contributed by atoms with Gasteiger partial charge in [-0.05, 0) is 24.7 Å². The van der Waals surface area contributed by atoms with Crippen LogP contribution in [-0.4, -0.2) is 42.9 Å². The molecule has 8 nitrogen and oxygen atoms in total. The van der Waals surface area contributed by atoms with E-state index in [9.17, 15) is 15.0 Å². The SMILES string of the molecule is Nc1nc2c(ncn2C2C[C@@H](CO)[C@@H](CO)C2)c(=O)[nH]1. The van der Waals surface area contributed by atoms with Crippen LogP contribution in [0.4, 0.5) is 5.95 Å². The van der Waals surface area contributed by atoms with Crippen molar-refractivity contribution in [2.75, 3.05) is 18.9 Å². The van der Waals surface area contributed by atoms with Crippen LogP contribution >= 0.6 is 0 Å². The zero-order valence-corrected chi connectivity index (χ0v) is 10.9. The van der Waals surface area contributed by atoms with Crippen molar-refractivity contribution in [2.24, 2.45) is 11.8 Å². The van der Waals surface area contributed by atoms with E-state index in [0.29, 0.717) is 5.65 Å². The minimum atomic E-state index is -0.360. The van der Waals surface area contributed by atoms with Crippen LogP contribution in [-0.2, 0) is 0 Å². The van der Waals surface area contributed by atoms with Crippen molar-refractivity contribution in [1.82, 2.24) is 19.5 Å². The molecule has 0 amide bonds. The molecule has 2 aromatic rings. The largest absolute Gasteiger partial charge is 0.396 e. The number of aliphatic hydroxyl groups excluding tert-OH is 2. The number of nitrogens with one attached hydrogen (secondary N) is 1. The number of nitrogens with two attached hydrogens (primary N) is 1. The van der Waals surface area contributed by atoms with Gasteiger partial charge in [0.25, 0.3) is 5.56 Å². The molecule has 0 saturated heterocycles. The Kier molecular flexibility index (Phi) is 3.19. The number of aromatic nitrogens is 4. The van der Waals surface area contributed by atoms with Crippen LogP contribution in [0.15, 0.2) is 11.1 Å². The quantitative estimate of drug-likeness (QED) is 0.585. The zero-order valence-electron chi connectivity index (χ0n) is 10.9. The Balaban J connectivity index is 2.01. The van der Waals surface area contributed by atoms with Gasteiger partial charge >= 0.3 is 0 Å². The fraction of sp³-hybridized carbons (Fsp3) is 0.583. The van der Waals surface area contributed by atoms with Crippen LogP contribution in [0.25, 0.3) is 11.2 Å². The van der Waals surface area contributed by atoms with Crippen LogP contribution in [0.5, 0.6) is 0 Å². The maximum absolute atomic E-state index is 11.7. The highest BCUT2D eigenvalue weighted by Gasteiger charge is 2.35. The summed E-state index contributed by atoms with van der Waals surface area (Å²) < 4.78 is 1.82. The molecule has 1 fully saturated rings. The number of fused-ring (bicyclic) bond motifs is 1. The Morgan fingerprint density at radius 1 is 1.35 bits per heavy atom. The molecule has 1 saturated carbocycles. The number of hydrogen-bond donors (Lipinski definition) is 4. The van der Waals surface area contributed by atoms with E-state index >= 15 is 0 Å². The first kappa shape index (κ1) is 13.1. The zero-order chi connectivity index (χ0) is 14.3. The third-order valence-corrected chi connectivity index (χ3v) is 4.13. The average molecular weight is 279 g/mol. The molecule has 5 N–H and O–H groups in total. The number of aromatic amines is 1. The van der Waals surface area contributed by atoms with E-state index in [0.717, 1.165) is 12.8 Å². The van der Waals surface area contributed by atoms with Crippen molar-refractivity contribution in [3.05, 3.63) is 16.7 Å². The topological polar surface area (TPSA) is 130 Å². The molecular formula is C12H17N5O3. The predicted molar refractivity (Wildman–Crippen MR) is 72.0 cm³/mol. The molecule has 1 aliphatic rings. The lowest BCUT2D eigenvalue weighted by Gasteiger charge is -2.12. The number of H-pyrrole nitrogens is 1. The minimum Gasteiger partial charge on any atom is -0.396 e. The lowest BCUT2D eigenvalue weighted by molar-refractivity contribution is 0.141. The van der Waals surface area contributed by atoms with E-state index in [2.05, 4.69) is 15.0 Å². The van der Waals surface area contributed by atoms with Crippen molar-refractivity contribution in [3.63, 3.8) is 0 Å². The van der Waals surface area contributed by atoms with Crippen LogP contribution in [0.1, 0.15) is 18.9 Å². The minimum absolute atomic E-state index is 0.0461. The van der Waals surface area contributed by atoms with Crippen LogP contribution in [0, 0.1) is 11.8 Å². The molecule has 3 atom stereocenters. The van der Waals surface area contributed by atoms with Crippen LogP contribution in [0.3, 0.4) is 0 Å². The van der Waals surface area contributed by atoms with Gasteiger partial charge in [0.2, 0.25) is 5.95 Å². The van der Waals surface area contributed by atoms with Gasteiger partial charge in [-0.3, -0.25) is 9.78 Å². The Morgan fingerprint density at radius 3 is 2.60 bits per heavy atom. The number of nitrogens with zero attached hydrogens (tertiary/aromatic N) is 3. The smallest absolute Gasteiger partial charge is 0.280 e. The summed E-state index contributed by atoms with van der Waals surface area (Å²) >= 11 is 0. The number of hydrogen-bond acceptors (Lipinski definition) is 6. The number of aliphatic hydroxyl groups is 2. The number of rotatable bonds is 3. The monoisotopic (exact) mass is 279 g/mol. The molecular weight excluding hydrogens is 262 g/mol. The molecule has 8 heteroatoms. The first-order chi connectivity index (χ1) is 9.63. The first-order valence-electron chi connectivity index (χ1n) is 6.58. The Hall–Kier alpha value is -1.93. The number of imidazole rings is 1. The van der Waals surface area contributed by atoms with Gasteiger partial charge in [-0.1, -0.05) is 0 Å². The molecule has 108 valence electrons. The van der Waals surface area contributed by atoms with Crippen molar-refractivity contribution >= 4 is 17.1 Å². The summed E-state index contributed by atoms with van der Waals surface area (Å²) in [5.41, 5.74) is 5.92. The fourth-order valence-electron chi connectivity index (χ4n) is 3.06. The van der Waals surface area contributed by atoms with Gasteiger partial charge in [-0.15, -0.1) is 0 Å². The van der Waals surface area contributed by atoms with E-state index in [-0.39, 0.29) is 48.1 Å². The van der Waals surface area contributed by atoms with Crippen molar-refractivity contribution < 1.29 is 10.2 Å². The maximum atomic E-state index is 11.7. The molecule has 2 aromatic heterocycles. The fourth-order valence-corrected chi connectivity index (χ4v) is 3.06. The molecule has 1 unspecified atom stereocenters. The highest BCUT2D eigenvalue weighted by Crippen LogP contribution is 2.39. The van der Waals surface area contributed by atoms with Gasteiger partial charge < -0.3 is 20.5 Å².